The normalized spacial score (nSPS) is 13.9. The molecule has 0 aromatic carbocycles. The van der Waals surface area contributed by atoms with Crippen molar-refractivity contribution in [2.24, 2.45) is 5.92 Å². The second-order valence-electron chi connectivity index (χ2n) is 28.9. The van der Waals surface area contributed by atoms with Gasteiger partial charge < -0.3 is 33.8 Å². The molecule has 0 aliphatic carbocycles. The molecule has 0 spiro atoms. The van der Waals surface area contributed by atoms with E-state index in [-0.39, 0.29) is 25.7 Å². The summed E-state index contributed by atoms with van der Waals surface area (Å²) in [7, 11) is -9.91. The Balaban J connectivity index is 5.18. The quantitative estimate of drug-likeness (QED) is 0.0222. The highest BCUT2D eigenvalue weighted by Crippen LogP contribution is 2.45. The first-order valence-electron chi connectivity index (χ1n) is 41.1. The lowest BCUT2D eigenvalue weighted by Crippen LogP contribution is -2.30. The molecule has 582 valence electrons. The molecule has 0 aromatic heterocycles. The fourth-order valence-corrected chi connectivity index (χ4v) is 13.8. The molecule has 0 aliphatic rings. The highest BCUT2D eigenvalue weighted by Gasteiger charge is 2.30. The molecule has 98 heavy (non-hydrogen) atoms. The van der Waals surface area contributed by atoms with Crippen LogP contribution in [0.2, 0.25) is 0 Å². The van der Waals surface area contributed by atoms with E-state index in [9.17, 15) is 43.2 Å². The van der Waals surface area contributed by atoms with E-state index in [0.717, 1.165) is 95.8 Å². The minimum atomic E-state index is -4.96. The zero-order valence-corrected chi connectivity index (χ0v) is 65.7. The fraction of sp³-hybridized carbons (Fsp3) is 0.949. The molecule has 0 rings (SSSR count). The third-order valence-corrected chi connectivity index (χ3v) is 20.4. The molecule has 17 nitrogen and oxygen atoms in total. The van der Waals surface area contributed by atoms with Gasteiger partial charge in [0.25, 0.3) is 0 Å². The molecule has 0 amide bonds. The van der Waals surface area contributed by atoms with E-state index in [1.807, 2.05) is 0 Å². The van der Waals surface area contributed by atoms with E-state index in [4.69, 9.17) is 37.0 Å². The number of phosphoric acid groups is 2. The lowest BCUT2D eigenvalue weighted by Gasteiger charge is -2.21. The second-order valence-corrected chi connectivity index (χ2v) is 31.8. The maximum absolute atomic E-state index is 13.1. The smallest absolute Gasteiger partial charge is 0.462 e. The van der Waals surface area contributed by atoms with Gasteiger partial charge in [-0.2, -0.15) is 0 Å². The highest BCUT2D eigenvalue weighted by molar-refractivity contribution is 7.47. The summed E-state index contributed by atoms with van der Waals surface area (Å²) in [6.07, 6.45) is 62.5. The minimum absolute atomic E-state index is 0.107. The zero-order chi connectivity index (χ0) is 71.9. The first kappa shape index (κ1) is 96.1. The summed E-state index contributed by atoms with van der Waals surface area (Å²) >= 11 is 0. The van der Waals surface area contributed by atoms with Crippen molar-refractivity contribution in [1.82, 2.24) is 0 Å². The van der Waals surface area contributed by atoms with Gasteiger partial charge in [-0.05, 0) is 31.6 Å². The van der Waals surface area contributed by atoms with Crippen molar-refractivity contribution < 1.29 is 80.2 Å². The monoisotopic (exact) mass is 1440 g/mol. The summed E-state index contributed by atoms with van der Waals surface area (Å²) in [5, 5.41) is 10.6. The first-order valence-corrected chi connectivity index (χ1v) is 44.1. The van der Waals surface area contributed by atoms with E-state index in [2.05, 4.69) is 34.6 Å². The molecule has 3 N–H and O–H groups in total. The molecule has 5 atom stereocenters. The average Bonchev–Trinajstić information content (AvgIpc) is 0.978. The summed E-state index contributed by atoms with van der Waals surface area (Å²) < 4.78 is 68.5. The molecule has 0 bridgehead atoms. The molecule has 0 fully saturated rings. The van der Waals surface area contributed by atoms with Crippen LogP contribution >= 0.6 is 15.6 Å². The maximum atomic E-state index is 13.1. The molecule has 0 aliphatic heterocycles. The lowest BCUT2D eigenvalue weighted by atomic mass is 10.0. The minimum Gasteiger partial charge on any atom is -0.462 e. The summed E-state index contributed by atoms with van der Waals surface area (Å²) in [6.45, 7) is 7.31. The van der Waals surface area contributed by atoms with Gasteiger partial charge >= 0.3 is 39.5 Å². The van der Waals surface area contributed by atoms with Crippen molar-refractivity contribution in [3.05, 3.63) is 0 Å². The Hall–Kier alpha value is -1.94. The summed E-state index contributed by atoms with van der Waals surface area (Å²) in [6, 6.07) is 0. The van der Waals surface area contributed by atoms with Crippen molar-refractivity contribution in [2.75, 3.05) is 39.6 Å². The van der Waals surface area contributed by atoms with E-state index >= 15 is 0 Å². The standard InChI is InChI=1S/C79H154O17P2/c1-6-9-12-15-18-21-23-24-25-26-27-28-29-30-31-32-35-40-45-50-55-60-65-79(84)96-75(69-90-77(82)63-58-53-48-43-39-36-33-34-38-42-46-51-56-61-72(4)5)71-94-98(87,88)92-67-73(80)66-91-97(85,86)93-70-74(68-89-76(81)62-57-52-47-41-20-17-14-11-8-3)95-78(83)64-59-54-49-44-37-22-19-16-13-10-7-2/h72-75,80H,6-71H2,1-5H3,(H,85,86)(H,87,88)/t73-,74+,75+/m0/s1. The number of rotatable bonds is 79. The van der Waals surface area contributed by atoms with Crippen molar-refractivity contribution in [3.8, 4) is 0 Å². The van der Waals surface area contributed by atoms with Crippen molar-refractivity contribution in [2.45, 2.75) is 438 Å². The summed E-state index contributed by atoms with van der Waals surface area (Å²) in [4.78, 5) is 72.8. The Morgan fingerprint density at radius 3 is 0.694 bits per heavy atom. The number of hydrogen-bond donors (Lipinski definition) is 3. The third kappa shape index (κ3) is 72.4. The second kappa shape index (κ2) is 72.0. The van der Waals surface area contributed by atoms with Crippen LogP contribution < -0.4 is 0 Å². The third-order valence-electron chi connectivity index (χ3n) is 18.5. The van der Waals surface area contributed by atoms with Crippen LogP contribution in [0, 0.1) is 5.92 Å². The van der Waals surface area contributed by atoms with Crippen LogP contribution in [-0.4, -0.2) is 96.7 Å². The fourth-order valence-electron chi connectivity index (χ4n) is 12.2. The summed E-state index contributed by atoms with van der Waals surface area (Å²) in [5.41, 5.74) is 0. The van der Waals surface area contributed by atoms with Crippen molar-refractivity contribution >= 4 is 39.5 Å². The van der Waals surface area contributed by atoms with Crippen LogP contribution in [0.5, 0.6) is 0 Å². The number of carbonyl (C=O) groups is 4. The Morgan fingerprint density at radius 1 is 0.276 bits per heavy atom. The first-order chi connectivity index (χ1) is 47.5. The maximum Gasteiger partial charge on any atom is 0.472 e. The van der Waals surface area contributed by atoms with Crippen LogP contribution in [0.25, 0.3) is 0 Å². The number of esters is 4. The molecular weight excluding hydrogens is 1280 g/mol. The van der Waals surface area contributed by atoms with E-state index in [1.165, 1.54) is 244 Å². The van der Waals surface area contributed by atoms with Gasteiger partial charge in [-0.3, -0.25) is 37.3 Å². The van der Waals surface area contributed by atoms with Crippen LogP contribution in [0.3, 0.4) is 0 Å². The summed E-state index contributed by atoms with van der Waals surface area (Å²) in [5.74, 6) is -1.32. The van der Waals surface area contributed by atoms with Gasteiger partial charge in [-0.15, -0.1) is 0 Å². The van der Waals surface area contributed by atoms with Crippen LogP contribution in [0.1, 0.15) is 420 Å². The van der Waals surface area contributed by atoms with E-state index in [0.29, 0.717) is 25.7 Å². The number of aliphatic hydroxyl groups excluding tert-OH is 1. The molecule has 0 radical (unpaired) electrons. The van der Waals surface area contributed by atoms with Crippen LogP contribution in [0.15, 0.2) is 0 Å². The number of carbonyl (C=O) groups excluding carboxylic acids is 4. The van der Waals surface area contributed by atoms with Gasteiger partial charge in [0.2, 0.25) is 0 Å². The molecule has 0 heterocycles. The molecule has 0 saturated carbocycles. The Bertz CT molecular complexity index is 1870. The van der Waals surface area contributed by atoms with Gasteiger partial charge in [-0.25, -0.2) is 9.13 Å². The van der Waals surface area contributed by atoms with E-state index in [1.54, 1.807) is 0 Å². The average molecular weight is 1440 g/mol. The largest absolute Gasteiger partial charge is 0.472 e. The number of aliphatic hydroxyl groups is 1. The van der Waals surface area contributed by atoms with E-state index < -0.39 is 97.5 Å². The van der Waals surface area contributed by atoms with Gasteiger partial charge in [-0.1, -0.05) is 369 Å². The van der Waals surface area contributed by atoms with Crippen LogP contribution in [-0.2, 0) is 65.4 Å². The number of hydrogen-bond acceptors (Lipinski definition) is 15. The van der Waals surface area contributed by atoms with Gasteiger partial charge in [0, 0.05) is 25.7 Å². The Morgan fingerprint density at radius 2 is 0.469 bits per heavy atom. The van der Waals surface area contributed by atoms with Gasteiger partial charge in [0.05, 0.1) is 26.4 Å². The molecule has 0 aromatic rings. The van der Waals surface area contributed by atoms with Crippen molar-refractivity contribution in [1.29, 1.82) is 0 Å². The molecule has 2 unspecified atom stereocenters. The van der Waals surface area contributed by atoms with Crippen LogP contribution in [0.4, 0.5) is 0 Å². The zero-order valence-electron chi connectivity index (χ0n) is 63.9. The predicted molar refractivity (Wildman–Crippen MR) is 400 cm³/mol. The SMILES string of the molecule is CCCCCCCCCCCCCCCCCCCCCCCCC(=O)O[C@H](COC(=O)CCCCCCCCCCCCCCCC(C)C)COP(=O)(O)OC[C@@H](O)COP(=O)(O)OC[C@@H](COC(=O)CCCCCCCCCCC)OC(=O)CCCCCCCCCCCCC. The molecule has 0 saturated heterocycles. The predicted octanol–water partition coefficient (Wildman–Crippen LogP) is 23.6. The van der Waals surface area contributed by atoms with Gasteiger partial charge in [0.1, 0.15) is 19.3 Å². The topological polar surface area (TPSA) is 237 Å². The number of ether oxygens (including phenoxy) is 4. The Labute approximate surface area is 600 Å². The van der Waals surface area contributed by atoms with Crippen molar-refractivity contribution in [3.63, 3.8) is 0 Å². The lowest BCUT2D eigenvalue weighted by molar-refractivity contribution is -0.161. The number of unbranched alkanes of at least 4 members (excludes halogenated alkanes) is 51. The Kier molecular flexibility index (Phi) is 70.6. The molecular formula is C79H154O17P2. The molecule has 19 heteroatoms. The highest BCUT2D eigenvalue weighted by atomic mass is 31.2. The van der Waals surface area contributed by atoms with Gasteiger partial charge in [0.15, 0.2) is 12.2 Å². The number of phosphoric ester groups is 2.